The van der Waals surface area contributed by atoms with Crippen LogP contribution in [0.15, 0.2) is 64.1 Å². The van der Waals surface area contributed by atoms with Crippen LogP contribution in [0.4, 0.5) is 0 Å². The number of benzene rings is 2. The largest absolute Gasteiger partial charge is 0.491 e. The summed E-state index contributed by atoms with van der Waals surface area (Å²) in [6.07, 6.45) is 1.70. The molecular weight excluding hydrogens is 304 g/mol. The van der Waals surface area contributed by atoms with Crippen LogP contribution >= 0.6 is 0 Å². The lowest BCUT2D eigenvalue weighted by Crippen LogP contribution is -2.16. The SMILES string of the molecule is CC(C)Oc1ccc(/C=N/NC(=O)c2cc3ccccc3o2)cc1. The van der Waals surface area contributed by atoms with Crippen molar-refractivity contribution in [2.45, 2.75) is 20.0 Å². The van der Waals surface area contributed by atoms with Crippen LogP contribution in [-0.4, -0.2) is 18.2 Å². The highest BCUT2D eigenvalue weighted by atomic mass is 16.5. The molecule has 0 atom stereocenters. The third-order valence-corrected chi connectivity index (χ3v) is 3.28. The maximum Gasteiger partial charge on any atom is 0.307 e. The second-order valence-electron chi connectivity index (χ2n) is 5.58. The highest BCUT2D eigenvalue weighted by Gasteiger charge is 2.10. The molecule has 3 rings (SSSR count). The first-order valence-electron chi connectivity index (χ1n) is 7.70. The summed E-state index contributed by atoms with van der Waals surface area (Å²) in [7, 11) is 0. The summed E-state index contributed by atoms with van der Waals surface area (Å²) in [5, 5.41) is 4.84. The normalized spacial score (nSPS) is 11.3. The monoisotopic (exact) mass is 322 g/mol. The van der Waals surface area contributed by atoms with Crippen molar-refractivity contribution < 1.29 is 13.9 Å². The van der Waals surface area contributed by atoms with E-state index in [9.17, 15) is 4.79 Å². The summed E-state index contributed by atoms with van der Waals surface area (Å²) in [6.45, 7) is 3.95. The molecular formula is C19H18N2O3. The number of furan rings is 1. The third kappa shape index (κ3) is 3.81. The summed E-state index contributed by atoms with van der Waals surface area (Å²) >= 11 is 0. The van der Waals surface area contributed by atoms with E-state index in [0.29, 0.717) is 5.58 Å². The van der Waals surface area contributed by atoms with Gasteiger partial charge in [-0.15, -0.1) is 0 Å². The van der Waals surface area contributed by atoms with Crippen LogP contribution in [0.1, 0.15) is 30.0 Å². The van der Waals surface area contributed by atoms with E-state index in [1.54, 1.807) is 12.3 Å². The molecule has 24 heavy (non-hydrogen) atoms. The number of rotatable bonds is 5. The van der Waals surface area contributed by atoms with Gasteiger partial charge in [0.25, 0.3) is 0 Å². The molecule has 0 aliphatic carbocycles. The molecule has 122 valence electrons. The Balaban J connectivity index is 1.62. The number of hydrogen-bond donors (Lipinski definition) is 1. The van der Waals surface area contributed by atoms with Crippen molar-refractivity contribution in [1.82, 2.24) is 5.43 Å². The van der Waals surface area contributed by atoms with Gasteiger partial charge >= 0.3 is 5.91 Å². The molecule has 1 amide bonds. The number of para-hydroxylation sites is 1. The van der Waals surface area contributed by atoms with E-state index in [1.807, 2.05) is 62.4 Å². The van der Waals surface area contributed by atoms with Gasteiger partial charge in [0.1, 0.15) is 11.3 Å². The van der Waals surface area contributed by atoms with Crippen LogP contribution in [0.2, 0.25) is 0 Å². The summed E-state index contributed by atoms with van der Waals surface area (Å²) in [5.41, 5.74) is 3.99. The van der Waals surface area contributed by atoms with Crippen molar-refractivity contribution in [1.29, 1.82) is 0 Å². The minimum absolute atomic E-state index is 0.132. The number of fused-ring (bicyclic) bond motifs is 1. The molecule has 0 saturated carbocycles. The maximum absolute atomic E-state index is 12.0. The highest BCUT2D eigenvalue weighted by molar-refractivity contribution is 5.96. The standard InChI is InChI=1S/C19H18N2O3/c1-13(2)23-16-9-7-14(8-10-16)12-20-21-19(22)18-11-15-5-3-4-6-17(15)24-18/h3-13H,1-2H3,(H,21,22)/b20-12+. The van der Waals surface area contributed by atoms with E-state index in [-0.39, 0.29) is 17.8 Å². The van der Waals surface area contributed by atoms with E-state index in [0.717, 1.165) is 16.7 Å². The smallest absolute Gasteiger partial charge is 0.307 e. The fourth-order valence-corrected chi connectivity index (χ4v) is 2.22. The molecule has 1 heterocycles. The number of ether oxygens (including phenoxy) is 1. The van der Waals surface area contributed by atoms with Crippen molar-refractivity contribution in [3.63, 3.8) is 0 Å². The number of hydrogen-bond acceptors (Lipinski definition) is 4. The first kappa shape index (κ1) is 15.8. The van der Waals surface area contributed by atoms with Gasteiger partial charge in [-0.25, -0.2) is 5.43 Å². The molecule has 0 aliphatic rings. The molecule has 5 heteroatoms. The minimum atomic E-state index is -0.387. The molecule has 5 nitrogen and oxygen atoms in total. The van der Waals surface area contributed by atoms with Crippen LogP contribution in [0.25, 0.3) is 11.0 Å². The first-order chi connectivity index (χ1) is 11.6. The Labute approximate surface area is 139 Å². The van der Waals surface area contributed by atoms with E-state index >= 15 is 0 Å². The van der Waals surface area contributed by atoms with Crippen molar-refractivity contribution >= 4 is 23.1 Å². The van der Waals surface area contributed by atoms with Gasteiger partial charge < -0.3 is 9.15 Å². The molecule has 0 unspecified atom stereocenters. The van der Waals surface area contributed by atoms with Gasteiger partial charge in [0.15, 0.2) is 5.76 Å². The predicted molar refractivity (Wildman–Crippen MR) is 93.5 cm³/mol. The molecule has 0 fully saturated rings. The number of nitrogens with one attached hydrogen (secondary N) is 1. The van der Waals surface area contributed by atoms with Crippen molar-refractivity contribution in [3.05, 3.63) is 65.9 Å². The lowest BCUT2D eigenvalue weighted by atomic mass is 10.2. The Hall–Kier alpha value is -3.08. The zero-order valence-corrected chi connectivity index (χ0v) is 13.5. The lowest BCUT2D eigenvalue weighted by molar-refractivity contribution is 0.0929. The summed E-state index contributed by atoms with van der Waals surface area (Å²) < 4.78 is 11.1. The zero-order valence-electron chi connectivity index (χ0n) is 13.5. The first-order valence-corrected chi connectivity index (χ1v) is 7.70. The van der Waals surface area contributed by atoms with E-state index in [4.69, 9.17) is 9.15 Å². The summed E-state index contributed by atoms with van der Waals surface area (Å²) in [4.78, 5) is 12.0. The van der Waals surface area contributed by atoms with Gasteiger partial charge in [0.05, 0.1) is 12.3 Å². The van der Waals surface area contributed by atoms with Crippen LogP contribution in [0.3, 0.4) is 0 Å². The van der Waals surface area contributed by atoms with Crippen LogP contribution in [0, 0.1) is 0 Å². The molecule has 1 aromatic heterocycles. The Morgan fingerprint density at radius 2 is 1.92 bits per heavy atom. The van der Waals surface area contributed by atoms with E-state index < -0.39 is 0 Å². The Morgan fingerprint density at radius 1 is 1.17 bits per heavy atom. The number of carbonyl (C=O) groups excluding carboxylic acids is 1. The van der Waals surface area contributed by atoms with Crippen LogP contribution < -0.4 is 10.2 Å². The summed E-state index contributed by atoms with van der Waals surface area (Å²) in [6, 6.07) is 16.6. The van der Waals surface area contributed by atoms with Gasteiger partial charge in [-0.3, -0.25) is 4.79 Å². The molecule has 3 aromatic rings. The zero-order chi connectivity index (χ0) is 16.9. The van der Waals surface area contributed by atoms with Gasteiger partial charge in [0, 0.05) is 5.39 Å². The molecule has 2 aromatic carbocycles. The second-order valence-corrected chi connectivity index (χ2v) is 5.58. The molecule has 0 saturated heterocycles. The molecule has 0 aliphatic heterocycles. The molecule has 1 N–H and O–H groups in total. The van der Waals surface area contributed by atoms with Gasteiger partial charge in [-0.1, -0.05) is 18.2 Å². The molecule has 0 bridgehead atoms. The number of amides is 1. The minimum Gasteiger partial charge on any atom is -0.491 e. The Kier molecular flexibility index (Phi) is 4.61. The average Bonchev–Trinajstić information content (AvgIpc) is 3.00. The van der Waals surface area contributed by atoms with Gasteiger partial charge in [-0.2, -0.15) is 5.10 Å². The van der Waals surface area contributed by atoms with E-state index in [2.05, 4.69) is 10.5 Å². The molecule has 0 spiro atoms. The van der Waals surface area contributed by atoms with Gasteiger partial charge in [0.2, 0.25) is 0 Å². The number of hydrazone groups is 1. The van der Waals surface area contributed by atoms with Crippen molar-refractivity contribution in [3.8, 4) is 5.75 Å². The number of nitrogens with zero attached hydrogens (tertiary/aromatic N) is 1. The number of carbonyl (C=O) groups is 1. The van der Waals surface area contributed by atoms with Crippen LogP contribution in [0.5, 0.6) is 5.75 Å². The quantitative estimate of drug-likeness (QED) is 0.571. The fraction of sp³-hybridized carbons (Fsp3) is 0.158. The van der Waals surface area contributed by atoms with Crippen molar-refractivity contribution in [2.75, 3.05) is 0 Å². The van der Waals surface area contributed by atoms with Crippen molar-refractivity contribution in [2.24, 2.45) is 5.10 Å². The average molecular weight is 322 g/mol. The maximum atomic E-state index is 12.0. The molecule has 0 radical (unpaired) electrons. The topological polar surface area (TPSA) is 63.8 Å². The highest BCUT2D eigenvalue weighted by Crippen LogP contribution is 2.18. The van der Waals surface area contributed by atoms with Gasteiger partial charge in [-0.05, 0) is 55.8 Å². The Bertz CT molecular complexity index is 831. The fourth-order valence-electron chi connectivity index (χ4n) is 2.22. The third-order valence-electron chi connectivity index (χ3n) is 3.28. The van der Waals surface area contributed by atoms with E-state index in [1.165, 1.54) is 0 Å². The second kappa shape index (κ2) is 7.00. The summed E-state index contributed by atoms with van der Waals surface area (Å²) in [5.74, 6) is 0.643. The van der Waals surface area contributed by atoms with Crippen LogP contribution in [-0.2, 0) is 0 Å². The lowest BCUT2D eigenvalue weighted by Gasteiger charge is -2.08. The Morgan fingerprint density at radius 3 is 2.62 bits per heavy atom. The predicted octanol–water partition coefficient (Wildman–Crippen LogP) is 3.98.